The molecule has 0 amide bonds. The van der Waals surface area contributed by atoms with E-state index in [-0.39, 0.29) is 0 Å². The van der Waals surface area contributed by atoms with Crippen molar-refractivity contribution in [3.63, 3.8) is 0 Å². The summed E-state index contributed by atoms with van der Waals surface area (Å²) in [6, 6.07) is 1.78. The Labute approximate surface area is 132 Å². The Hall–Kier alpha value is -0.430. The fourth-order valence-corrected chi connectivity index (χ4v) is 5.76. The molecule has 120 valence electrons. The number of rotatable bonds is 6. The van der Waals surface area contributed by atoms with E-state index in [1.54, 1.807) is 6.07 Å². The van der Waals surface area contributed by atoms with Gasteiger partial charge in [-0.15, -0.1) is 11.3 Å². The smallest absolute Gasteiger partial charge is 0.250 e. The zero-order chi connectivity index (χ0) is 15.5. The highest BCUT2D eigenvalue weighted by atomic mass is 32.2. The van der Waals surface area contributed by atoms with Crippen molar-refractivity contribution in [2.75, 3.05) is 13.6 Å². The van der Waals surface area contributed by atoms with Crippen molar-refractivity contribution in [1.29, 1.82) is 0 Å². The summed E-state index contributed by atoms with van der Waals surface area (Å²) in [6.45, 7) is 5.51. The van der Waals surface area contributed by atoms with Gasteiger partial charge in [-0.1, -0.05) is 19.8 Å². The van der Waals surface area contributed by atoms with Gasteiger partial charge in [0.05, 0.1) is 0 Å². The predicted octanol–water partition coefficient (Wildman–Crippen LogP) is 2.88. The average Bonchev–Trinajstić information content (AvgIpc) is 2.80. The van der Waals surface area contributed by atoms with E-state index in [0.29, 0.717) is 23.2 Å². The van der Waals surface area contributed by atoms with Crippen LogP contribution < -0.4 is 10.0 Å². The first-order valence-corrected chi connectivity index (χ1v) is 9.96. The molecule has 0 radical (unpaired) electrons. The van der Waals surface area contributed by atoms with Crippen molar-refractivity contribution >= 4 is 21.4 Å². The summed E-state index contributed by atoms with van der Waals surface area (Å²) in [6.07, 6.45) is 4.77. The Kier molecular flexibility index (Phi) is 5.82. The molecule has 6 heteroatoms. The largest absolute Gasteiger partial charge is 0.315 e. The fraction of sp³-hybridized carbons (Fsp3) is 0.733. The van der Waals surface area contributed by atoms with Crippen molar-refractivity contribution in [2.45, 2.75) is 50.3 Å². The Balaban J connectivity index is 1.99. The van der Waals surface area contributed by atoms with Crippen LogP contribution in [-0.4, -0.2) is 22.0 Å². The molecule has 1 aliphatic carbocycles. The van der Waals surface area contributed by atoms with E-state index in [4.69, 9.17) is 0 Å². The van der Waals surface area contributed by atoms with Crippen LogP contribution >= 0.6 is 11.3 Å². The van der Waals surface area contributed by atoms with Gasteiger partial charge in [-0.25, -0.2) is 13.1 Å². The molecule has 1 aromatic rings. The zero-order valence-corrected chi connectivity index (χ0v) is 14.7. The Morgan fingerprint density at radius 1 is 1.38 bits per heavy atom. The summed E-state index contributed by atoms with van der Waals surface area (Å²) in [4.78, 5) is 1.09. The topological polar surface area (TPSA) is 58.2 Å². The van der Waals surface area contributed by atoms with Crippen molar-refractivity contribution in [1.82, 2.24) is 10.0 Å². The Morgan fingerprint density at radius 3 is 2.81 bits per heavy atom. The average molecular weight is 331 g/mol. The van der Waals surface area contributed by atoms with Crippen LogP contribution in [0.4, 0.5) is 0 Å². The lowest BCUT2D eigenvalue weighted by atomic mass is 9.83. The van der Waals surface area contributed by atoms with Crippen LogP contribution in [-0.2, 0) is 16.6 Å². The summed E-state index contributed by atoms with van der Waals surface area (Å²) in [5.74, 6) is 1.21. The lowest BCUT2D eigenvalue weighted by molar-refractivity contribution is 0.283. The second-order valence-corrected chi connectivity index (χ2v) is 9.32. The van der Waals surface area contributed by atoms with E-state index >= 15 is 0 Å². The lowest BCUT2D eigenvalue weighted by Crippen LogP contribution is -2.31. The molecule has 0 saturated heterocycles. The summed E-state index contributed by atoms with van der Waals surface area (Å²) in [5, 5.41) is 3.07. The molecule has 4 nitrogen and oxygen atoms in total. The standard InChI is InChI=1S/C15H26N2O2S2/c1-11-5-4-6-13(7-11)9-17-21(18,19)15-8-12(2)14(20-15)10-16-3/h8,11,13,16-17H,4-7,9-10H2,1-3H3. The summed E-state index contributed by atoms with van der Waals surface area (Å²) < 4.78 is 28.1. The molecule has 2 N–H and O–H groups in total. The molecule has 1 saturated carbocycles. The van der Waals surface area contributed by atoms with Gasteiger partial charge < -0.3 is 5.32 Å². The van der Waals surface area contributed by atoms with Crippen LogP contribution in [0, 0.1) is 18.8 Å². The van der Waals surface area contributed by atoms with Gasteiger partial charge >= 0.3 is 0 Å². The zero-order valence-electron chi connectivity index (χ0n) is 13.1. The van der Waals surface area contributed by atoms with Crippen LogP contribution in [0.2, 0.25) is 0 Å². The van der Waals surface area contributed by atoms with Crippen LogP contribution in [0.5, 0.6) is 0 Å². The molecule has 0 spiro atoms. The van der Waals surface area contributed by atoms with Gasteiger partial charge in [0.25, 0.3) is 0 Å². The molecule has 1 heterocycles. The number of aryl methyl sites for hydroxylation is 1. The maximum absolute atomic E-state index is 12.4. The van der Waals surface area contributed by atoms with E-state index in [0.717, 1.165) is 29.2 Å². The quantitative estimate of drug-likeness (QED) is 0.843. The molecule has 0 aromatic carbocycles. The first-order valence-electron chi connectivity index (χ1n) is 7.66. The maximum Gasteiger partial charge on any atom is 0.250 e. The van der Waals surface area contributed by atoms with E-state index in [1.807, 2.05) is 14.0 Å². The molecule has 0 aliphatic heterocycles. The maximum atomic E-state index is 12.4. The number of hydrogen-bond acceptors (Lipinski definition) is 4. The normalized spacial score (nSPS) is 23.4. The van der Waals surface area contributed by atoms with Gasteiger partial charge in [-0.3, -0.25) is 0 Å². The number of hydrogen-bond donors (Lipinski definition) is 2. The number of thiophene rings is 1. The van der Waals surface area contributed by atoms with Gasteiger partial charge in [-0.2, -0.15) is 0 Å². The third-order valence-electron chi connectivity index (χ3n) is 4.21. The first-order chi connectivity index (χ1) is 9.92. The highest BCUT2D eigenvalue weighted by molar-refractivity contribution is 7.91. The summed E-state index contributed by atoms with van der Waals surface area (Å²) in [7, 11) is -1.49. The molecular weight excluding hydrogens is 304 g/mol. The Bertz CT molecular complexity index is 566. The summed E-state index contributed by atoms with van der Waals surface area (Å²) >= 11 is 1.37. The first kappa shape index (κ1) is 16.9. The predicted molar refractivity (Wildman–Crippen MR) is 88.1 cm³/mol. The van der Waals surface area contributed by atoms with Crippen LogP contribution in [0.3, 0.4) is 0 Å². The van der Waals surface area contributed by atoms with Crippen LogP contribution in [0.1, 0.15) is 43.0 Å². The minimum absolute atomic E-state index is 0.439. The molecule has 1 aromatic heterocycles. The Morgan fingerprint density at radius 2 is 2.14 bits per heavy atom. The van der Waals surface area contributed by atoms with Crippen molar-refractivity contribution in [2.24, 2.45) is 11.8 Å². The molecule has 21 heavy (non-hydrogen) atoms. The monoisotopic (exact) mass is 330 g/mol. The van der Waals surface area contributed by atoms with Gasteiger partial charge in [0.1, 0.15) is 4.21 Å². The van der Waals surface area contributed by atoms with Gasteiger partial charge in [0.15, 0.2) is 0 Å². The fourth-order valence-electron chi connectivity index (χ4n) is 3.00. The minimum Gasteiger partial charge on any atom is -0.315 e. The van der Waals surface area contributed by atoms with E-state index in [1.165, 1.54) is 24.2 Å². The SMILES string of the molecule is CNCc1sc(S(=O)(=O)NCC2CCCC(C)C2)cc1C. The van der Waals surface area contributed by atoms with Crippen LogP contribution in [0.15, 0.2) is 10.3 Å². The third kappa shape index (κ3) is 4.52. The van der Waals surface area contributed by atoms with E-state index in [9.17, 15) is 8.42 Å². The van der Waals surface area contributed by atoms with Crippen molar-refractivity contribution < 1.29 is 8.42 Å². The second kappa shape index (κ2) is 7.22. The summed E-state index contributed by atoms with van der Waals surface area (Å²) in [5.41, 5.74) is 1.04. The van der Waals surface area contributed by atoms with Gasteiger partial charge in [-0.05, 0) is 50.3 Å². The van der Waals surface area contributed by atoms with Crippen molar-refractivity contribution in [3.8, 4) is 0 Å². The third-order valence-corrected chi connectivity index (χ3v) is 7.34. The number of nitrogens with one attached hydrogen (secondary N) is 2. The number of sulfonamides is 1. The van der Waals surface area contributed by atoms with Gasteiger partial charge in [0, 0.05) is 18.0 Å². The molecule has 1 fully saturated rings. The molecule has 0 bridgehead atoms. The minimum atomic E-state index is -3.36. The van der Waals surface area contributed by atoms with E-state index < -0.39 is 10.0 Å². The van der Waals surface area contributed by atoms with E-state index in [2.05, 4.69) is 17.0 Å². The highest BCUT2D eigenvalue weighted by Gasteiger charge is 2.23. The molecule has 1 aliphatic rings. The molecule has 2 rings (SSSR count). The second-order valence-electron chi connectivity index (χ2n) is 6.19. The lowest BCUT2D eigenvalue weighted by Gasteiger charge is -2.26. The van der Waals surface area contributed by atoms with Crippen molar-refractivity contribution in [3.05, 3.63) is 16.5 Å². The highest BCUT2D eigenvalue weighted by Crippen LogP contribution is 2.29. The molecule has 2 atom stereocenters. The van der Waals surface area contributed by atoms with Gasteiger partial charge in [0.2, 0.25) is 10.0 Å². The van der Waals surface area contributed by atoms with Crippen LogP contribution in [0.25, 0.3) is 0 Å². The molecular formula is C15H26N2O2S2. The molecule has 2 unspecified atom stereocenters.